The fourth-order valence-corrected chi connectivity index (χ4v) is 4.43. The first kappa shape index (κ1) is 22.1. The summed E-state index contributed by atoms with van der Waals surface area (Å²) < 4.78 is 0. The second-order valence-electron chi connectivity index (χ2n) is 9.00. The van der Waals surface area contributed by atoms with Crippen molar-refractivity contribution in [1.82, 2.24) is 20.9 Å². The molecule has 3 N–H and O–H groups in total. The highest BCUT2D eigenvalue weighted by Gasteiger charge is 2.37. The van der Waals surface area contributed by atoms with Gasteiger partial charge in [-0.1, -0.05) is 32.4 Å². The van der Waals surface area contributed by atoms with Crippen molar-refractivity contribution in [3.8, 4) is 0 Å². The van der Waals surface area contributed by atoms with Gasteiger partial charge >= 0.3 is 0 Å². The second-order valence-corrected chi connectivity index (χ2v) is 9.00. The molecule has 1 saturated carbocycles. The molecule has 164 valence electrons. The zero-order chi connectivity index (χ0) is 21.6. The molecule has 0 spiro atoms. The third-order valence-electron chi connectivity index (χ3n) is 6.10. The van der Waals surface area contributed by atoms with Crippen LogP contribution < -0.4 is 16.0 Å². The van der Waals surface area contributed by atoms with Gasteiger partial charge < -0.3 is 20.9 Å². The molecule has 0 bridgehead atoms. The molecule has 0 radical (unpaired) electrons. The zero-order valence-electron chi connectivity index (χ0n) is 18.5. The number of amides is 2. The number of hydrogen-bond donors (Lipinski definition) is 3. The SMILES string of the molecule is CN=C(NCc1ccc(C(=O)N2CCNC(=O)C2)cc1)NCC1(CC(C)C)CCC1. The molecule has 0 atom stereocenters. The molecule has 30 heavy (non-hydrogen) atoms. The topological polar surface area (TPSA) is 85.8 Å². The fourth-order valence-electron chi connectivity index (χ4n) is 4.43. The smallest absolute Gasteiger partial charge is 0.254 e. The number of guanidine groups is 1. The molecule has 2 amide bonds. The summed E-state index contributed by atoms with van der Waals surface area (Å²) in [7, 11) is 1.79. The van der Waals surface area contributed by atoms with E-state index in [9.17, 15) is 9.59 Å². The normalized spacial score (nSPS) is 18.6. The lowest BCUT2D eigenvalue weighted by Gasteiger charge is -2.43. The van der Waals surface area contributed by atoms with Gasteiger partial charge in [-0.05, 0) is 48.3 Å². The number of nitrogens with zero attached hydrogens (tertiary/aromatic N) is 2. The van der Waals surface area contributed by atoms with E-state index in [1.165, 1.54) is 25.7 Å². The molecular weight excluding hydrogens is 378 g/mol. The maximum Gasteiger partial charge on any atom is 0.254 e. The summed E-state index contributed by atoms with van der Waals surface area (Å²) in [6, 6.07) is 7.55. The summed E-state index contributed by atoms with van der Waals surface area (Å²) in [6.07, 6.45) is 5.17. The number of nitrogens with one attached hydrogen (secondary N) is 3. The molecule has 0 unspecified atom stereocenters. The lowest BCUT2D eigenvalue weighted by Crippen LogP contribution is -2.49. The Morgan fingerprint density at radius 2 is 1.97 bits per heavy atom. The molecule has 1 aromatic carbocycles. The minimum atomic E-state index is -0.105. The summed E-state index contributed by atoms with van der Waals surface area (Å²) in [4.78, 5) is 30.0. The monoisotopic (exact) mass is 413 g/mol. The number of carbonyl (C=O) groups is 2. The lowest BCUT2D eigenvalue weighted by molar-refractivity contribution is -0.123. The number of benzene rings is 1. The maximum atomic E-state index is 12.6. The molecule has 7 nitrogen and oxygen atoms in total. The number of carbonyl (C=O) groups excluding carboxylic acids is 2. The van der Waals surface area contributed by atoms with Crippen LogP contribution in [0.25, 0.3) is 0 Å². The van der Waals surface area contributed by atoms with E-state index in [0.717, 1.165) is 18.1 Å². The minimum absolute atomic E-state index is 0.0993. The quantitative estimate of drug-likeness (QED) is 0.472. The average Bonchev–Trinajstić information content (AvgIpc) is 2.71. The van der Waals surface area contributed by atoms with Gasteiger partial charge in [0.2, 0.25) is 5.91 Å². The van der Waals surface area contributed by atoms with E-state index in [1.807, 2.05) is 24.3 Å². The Morgan fingerprint density at radius 1 is 1.23 bits per heavy atom. The van der Waals surface area contributed by atoms with Crippen LogP contribution in [0.3, 0.4) is 0 Å². The van der Waals surface area contributed by atoms with Crippen molar-refractivity contribution >= 4 is 17.8 Å². The largest absolute Gasteiger partial charge is 0.356 e. The van der Waals surface area contributed by atoms with Crippen molar-refractivity contribution < 1.29 is 9.59 Å². The second kappa shape index (κ2) is 9.96. The van der Waals surface area contributed by atoms with E-state index in [4.69, 9.17) is 0 Å². The van der Waals surface area contributed by atoms with Gasteiger partial charge in [-0.15, -0.1) is 0 Å². The Kier molecular flexibility index (Phi) is 7.34. The highest BCUT2D eigenvalue weighted by atomic mass is 16.2. The highest BCUT2D eigenvalue weighted by Crippen LogP contribution is 2.45. The first-order chi connectivity index (χ1) is 14.4. The molecular formula is C23H35N5O2. The van der Waals surface area contributed by atoms with Gasteiger partial charge in [0.25, 0.3) is 5.91 Å². The van der Waals surface area contributed by atoms with E-state index < -0.39 is 0 Å². The van der Waals surface area contributed by atoms with Crippen molar-refractivity contribution in [2.45, 2.75) is 46.1 Å². The Labute approximate surface area is 179 Å². The van der Waals surface area contributed by atoms with E-state index >= 15 is 0 Å². The van der Waals surface area contributed by atoms with Crippen LogP contribution in [0, 0.1) is 11.3 Å². The van der Waals surface area contributed by atoms with E-state index in [-0.39, 0.29) is 18.4 Å². The Bertz CT molecular complexity index is 768. The third-order valence-corrected chi connectivity index (χ3v) is 6.10. The predicted molar refractivity (Wildman–Crippen MR) is 119 cm³/mol. The Hall–Kier alpha value is -2.57. The summed E-state index contributed by atoms with van der Waals surface area (Å²) in [5, 5.41) is 9.61. The molecule has 2 aliphatic rings. The summed E-state index contributed by atoms with van der Waals surface area (Å²) in [5.41, 5.74) is 2.10. The fraction of sp³-hybridized carbons (Fsp3) is 0.609. The molecule has 1 aliphatic heterocycles. The van der Waals surface area contributed by atoms with Gasteiger partial charge in [-0.25, -0.2) is 0 Å². The molecule has 1 saturated heterocycles. The van der Waals surface area contributed by atoms with Crippen LogP contribution in [0.4, 0.5) is 0 Å². The van der Waals surface area contributed by atoms with Crippen LogP contribution in [0.1, 0.15) is 55.5 Å². The summed E-state index contributed by atoms with van der Waals surface area (Å²) >= 11 is 0. The highest BCUT2D eigenvalue weighted by molar-refractivity contribution is 5.97. The van der Waals surface area contributed by atoms with Crippen LogP contribution in [0.5, 0.6) is 0 Å². The van der Waals surface area contributed by atoms with Crippen molar-refractivity contribution in [3.63, 3.8) is 0 Å². The van der Waals surface area contributed by atoms with Crippen LogP contribution in [-0.2, 0) is 11.3 Å². The van der Waals surface area contributed by atoms with E-state index in [0.29, 0.717) is 36.5 Å². The van der Waals surface area contributed by atoms with Crippen LogP contribution >= 0.6 is 0 Å². The van der Waals surface area contributed by atoms with Crippen molar-refractivity contribution in [1.29, 1.82) is 0 Å². The molecule has 3 rings (SSSR count). The van der Waals surface area contributed by atoms with E-state index in [2.05, 4.69) is 34.8 Å². The Morgan fingerprint density at radius 3 is 2.53 bits per heavy atom. The van der Waals surface area contributed by atoms with Gasteiger partial charge in [0, 0.05) is 38.8 Å². The molecule has 1 aromatic rings. The van der Waals surface area contributed by atoms with Crippen LogP contribution in [0.15, 0.2) is 29.3 Å². The molecule has 0 aromatic heterocycles. The predicted octanol–water partition coefficient (Wildman–Crippen LogP) is 2.14. The van der Waals surface area contributed by atoms with E-state index in [1.54, 1.807) is 11.9 Å². The van der Waals surface area contributed by atoms with Crippen molar-refractivity contribution in [2.24, 2.45) is 16.3 Å². The minimum Gasteiger partial charge on any atom is -0.356 e. The zero-order valence-corrected chi connectivity index (χ0v) is 18.5. The van der Waals surface area contributed by atoms with Crippen molar-refractivity contribution in [2.75, 3.05) is 33.2 Å². The molecule has 2 fully saturated rings. The first-order valence-corrected chi connectivity index (χ1v) is 11.0. The number of rotatable bonds is 7. The van der Waals surface area contributed by atoms with Gasteiger partial charge in [-0.3, -0.25) is 14.6 Å². The average molecular weight is 414 g/mol. The maximum absolute atomic E-state index is 12.6. The summed E-state index contributed by atoms with van der Waals surface area (Å²) in [5.74, 6) is 1.32. The van der Waals surface area contributed by atoms with Gasteiger partial charge in [0.1, 0.15) is 0 Å². The lowest BCUT2D eigenvalue weighted by atomic mass is 9.64. The standard InChI is InChI=1S/C23H35N5O2/c1-17(2)13-23(9-4-10-23)16-27-22(24-3)26-14-18-5-7-19(8-6-18)21(30)28-12-11-25-20(29)15-28/h5-8,17H,4,9-16H2,1-3H3,(H,25,29)(H2,24,26,27). The van der Waals surface area contributed by atoms with Crippen molar-refractivity contribution in [3.05, 3.63) is 35.4 Å². The van der Waals surface area contributed by atoms with Crippen LogP contribution in [0.2, 0.25) is 0 Å². The van der Waals surface area contributed by atoms with Gasteiger partial charge in [-0.2, -0.15) is 0 Å². The van der Waals surface area contributed by atoms with Gasteiger partial charge in [0.15, 0.2) is 5.96 Å². The molecule has 7 heteroatoms. The molecule has 1 heterocycles. The van der Waals surface area contributed by atoms with Gasteiger partial charge in [0.05, 0.1) is 6.54 Å². The number of hydrogen-bond acceptors (Lipinski definition) is 3. The number of aliphatic imine (C=N–C) groups is 1. The van der Waals surface area contributed by atoms with Crippen LogP contribution in [-0.4, -0.2) is 55.9 Å². The number of piperazine rings is 1. The Balaban J connectivity index is 1.48. The first-order valence-electron chi connectivity index (χ1n) is 11.0. The molecule has 1 aliphatic carbocycles. The third kappa shape index (κ3) is 5.74. The summed E-state index contributed by atoms with van der Waals surface area (Å²) in [6.45, 7) is 7.37.